The monoisotopic (exact) mass is 348 g/mol. The van der Waals surface area contributed by atoms with Crippen molar-refractivity contribution in [3.63, 3.8) is 0 Å². The van der Waals surface area contributed by atoms with Crippen LogP contribution in [0.2, 0.25) is 0 Å². The molecular formula is C20H28O5. The second-order valence-electron chi connectivity index (χ2n) is 8.23. The molecule has 1 spiro atoms. The van der Waals surface area contributed by atoms with Crippen molar-refractivity contribution in [1.82, 2.24) is 0 Å². The summed E-state index contributed by atoms with van der Waals surface area (Å²) in [4.78, 5) is 24.7. The average molecular weight is 348 g/mol. The Morgan fingerprint density at radius 2 is 2.28 bits per heavy atom. The van der Waals surface area contributed by atoms with Crippen molar-refractivity contribution >= 4 is 11.8 Å². The van der Waals surface area contributed by atoms with Crippen LogP contribution in [0, 0.1) is 22.7 Å². The lowest BCUT2D eigenvalue weighted by Crippen LogP contribution is -2.54. The second kappa shape index (κ2) is 6.69. The van der Waals surface area contributed by atoms with E-state index in [2.05, 4.69) is 12.7 Å². The molecule has 2 N–H and O–H groups in total. The Kier molecular flexibility index (Phi) is 4.91. The molecule has 3 fully saturated rings. The number of aliphatic hydroxyl groups is 2. The summed E-state index contributed by atoms with van der Waals surface area (Å²) < 4.78 is 4.99. The van der Waals surface area contributed by atoms with Crippen LogP contribution < -0.4 is 0 Å². The Balaban J connectivity index is 1.70. The minimum absolute atomic E-state index is 0.0193. The summed E-state index contributed by atoms with van der Waals surface area (Å²) in [5, 5.41) is 18.0. The van der Waals surface area contributed by atoms with Crippen LogP contribution in [-0.2, 0) is 14.3 Å². The highest BCUT2D eigenvalue weighted by Crippen LogP contribution is 2.64. The van der Waals surface area contributed by atoms with Crippen molar-refractivity contribution < 1.29 is 24.5 Å². The van der Waals surface area contributed by atoms with Gasteiger partial charge in [-0.2, -0.15) is 0 Å². The van der Waals surface area contributed by atoms with Gasteiger partial charge < -0.3 is 14.9 Å². The van der Waals surface area contributed by atoms with Gasteiger partial charge in [0.05, 0.1) is 6.61 Å². The highest BCUT2D eigenvalue weighted by molar-refractivity contribution is 5.96. The lowest BCUT2D eigenvalue weighted by molar-refractivity contribution is -0.150. The number of carbonyl (C=O) groups excluding carboxylic acids is 2. The van der Waals surface area contributed by atoms with Crippen LogP contribution in [0.5, 0.6) is 0 Å². The molecule has 4 rings (SSSR count). The normalized spacial score (nSPS) is 37.7. The van der Waals surface area contributed by atoms with Crippen molar-refractivity contribution in [3.05, 3.63) is 24.3 Å². The lowest BCUT2D eigenvalue weighted by Gasteiger charge is -2.59. The Hall–Kier alpha value is -1.46. The number of fused-ring (bicyclic) bond motifs is 2. The van der Waals surface area contributed by atoms with E-state index in [9.17, 15) is 14.7 Å². The summed E-state index contributed by atoms with van der Waals surface area (Å²) in [7, 11) is 0. The van der Waals surface area contributed by atoms with E-state index in [0.29, 0.717) is 12.3 Å². The first kappa shape index (κ1) is 18.3. The fourth-order valence-electron chi connectivity index (χ4n) is 5.13. The summed E-state index contributed by atoms with van der Waals surface area (Å²) in [5.41, 5.74) is 0.773. The first-order valence-electron chi connectivity index (χ1n) is 9.16. The maximum atomic E-state index is 12.7. The summed E-state index contributed by atoms with van der Waals surface area (Å²) in [6.45, 7) is 5.57. The molecule has 5 atom stereocenters. The summed E-state index contributed by atoms with van der Waals surface area (Å²) in [5.74, 6) is 0.412. The second-order valence-corrected chi connectivity index (χ2v) is 8.23. The Morgan fingerprint density at radius 1 is 1.52 bits per heavy atom. The number of allylic oxidation sites excluding steroid dienone is 3. The van der Waals surface area contributed by atoms with E-state index in [-0.39, 0.29) is 30.1 Å². The number of ketones is 1. The van der Waals surface area contributed by atoms with E-state index in [1.807, 2.05) is 6.92 Å². The van der Waals surface area contributed by atoms with Gasteiger partial charge in [-0.05, 0) is 55.4 Å². The molecule has 0 radical (unpaired) electrons. The third kappa shape index (κ3) is 3.20. The first-order chi connectivity index (χ1) is 11.8. The quantitative estimate of drug-likeness (QED) is 0.568. The molecule has 1 unspecified atom stereocenters. The molecule has 4 aliphatic carbocycles. The Bertz CT molecular complexity index is 609. The number of ether oxygens (including phenoxy) is 1. The van der Waals surface area contributed by atoms with E-state index in [4.69, 9.17) is 9.84 Å². The van der Waals surface area contributed by atoms with Crippen LogP contribution >= 0.6 is 0 Å². The Morgan fingerprint density at radius 3 is 2.96 bits per heavy atom. The number of hydrogen-bond acceptors (Lipinski definition) is 5. The molecular weight excluding hydrogens is 320 g/mol. The predicted molar refractivity (Wildman–Crippen MR) is 92.6 cm³/mol. The molecule has 4 aliphatic rings. The topological polar surface area (TPSA) is 83.8 Å². The molecule has 2 bridgehead atoms. The lowest BCUT2D eigenvalue weighted by atomic mass is 9.44. The summed E-state index contributed by atoms with van der Waals surface area (Å²) in [6, 6.07) is 0. The van der Waals surface area contributed by atoms with Gasteiger partial charge in [-0.15, -0.1) is 0 Å². The third-order valence-electron chi connectivity index (χ3n) is 6.70. The minimum atomic E-state index is -1.05. The van der Waals surface area contributed by atoms with E-state index in [1.54, 1.807) is 6.08 Å². The van der Waals surface area contributed by atoms with Gasteiger partial charge in [0.1, 0.15) is 12.7 Å². The molecule has 3 saturated carbocycles. The fourth-order valence-corrected chi connectivity index (χ4v) is 5.13. The van der Waals surface area contributed by atoms with Crippen LogP contribution in [0.15, 0.2) is 24.3 Å². The third-order valence-corrected chi connectivity index (χ3v) is 6.70. The number of carbonyl (C=O) groups is 2. The highest BCUT2D eigenvalue weighted by atomic mass is 16.5. The first-order valence-corrected chi connectivity index (χ1v) is 9.16. The highest BCUT2D eigenvalue weighted by Gasteiger charge is 2.58. The molecule has 0 amide bonds. The van der Waals surface area contributed by atoms with E-state index < -0.39 is 24.1 Å². The number of hydrogen-bond donors (Lipinski definition) is 2. The minimum Gasteiger partial charge on any atom is -0.463 e. The summed E-state index contributed by atoms with van der Waals surface area (Å²) >= 11 is 0. The van der Waals surface area contributed by atoms with Crippen molar-refractivity contribution in [2.24, 2.45) is 22.7 Å². The van der Waals surface area contributed by atoms with E-state index in [0.717, 1.165) is 25.7 Å². The molecule has 138 valence electrons. The van der Waals surface area contributed by atoms with Gasteiger partial charge in [-0.3, -0.25) is 9.59 Å². The largest absolute Gasteiger partial charge is 0.463 e. The van der Waals surface area contributed by atoms with Crippen LogP contribution in [0.25, 0.3) is 0 Å². The van der Waals surface area contributed by atoms with Gasteiger partial charge in [-0.1, -0.05) is 25.2 Å². The van der Waals surface area contributed by atoms with Crippen LogP contribution in [0.4, 0.5) is 0 Å². The van der Waals surface area contributed by atoms with Crippen LogP contribution in [0.3, 0.4) is 0 Å². The standard InChI is InChI=1S/C20H28O5/c1-13-10-20-7-3-14(13)9-16(20)19(2,17(23)4-8-20)6-5-18(24)25-12-15(22)11-21/h4,8,14-16,21-22H,1,3,5-7,9-12H2,2H3/t14-,15?,16-,19-,20+/m0/s1. The average Bonchev–Trinajstić information content (AvgIpc) is 2.61. The van der Waals surface area contributed by atoms with Crippen molar-refractivity contribution in [2.75, 3.05) is 13.2 Å². The zero-order valence-electron chi connectivity index (χ0n) is 14.9. The number of esters is 1. The SMILES string of the molecule is C=C1C[C@@]23C=CC(=O)[C@@](C)(CCC(=O)OCC(O)CO)[C@@H]2C[C@@H]1CC3. The van der Waals surface area contributed by atoms with Crippen molar-refractivity contribution in [1.29, 1.82) is 0 Å². The maximum absolute atomic E-state index is 12.7. The molecule has 5 nitrogen and oxygen atoms in total. The van der Waals surface area contributed by atoms with Crippen molar-refractivity contribution in [2.45, 2.75) is 51.6 Å². The molecule has 25 heavy (non-hydrogen) atoms. The number of rotatable bonds is 6. The molecule has 0 aromatic heterocycles. The summed E-state index contributed by atoms with van der Waals surface area (Å²) in [6.07, 6.45) is 7.54. The van der Waals surface area contributed by atoms with Gasteiger partial charge in [0.25, 0.3) is 0 Å². The van der Waals surface area contributed by atoms with E-state index in [1.165, 1.54) is 5.57 Å². The molecule has 0 aliphatic heterocycles. The molecule has 0 aromatic rings. The maximum Gasteiger partial charge on any atom is 0.305 e. The van der Waals surface area contributed by atoms with E-state index >= 15 is 0 Å². The van der Waals surface area contributed by atoms with Crippen LogP contribution in [-0.4, -0.2) is 41.3 Å². The smallest absolute Gasteiger partial charge is 0.305 e. The van der Waals surface area contributed by atoms with Gasteiger partial charge >= 0.3 is 5.97 Å². The molecule has 5 heteroatoms. The number of aliphatic hydroxyl groups excluding tert-OH is 2. The molecule has 0 heterocycles. The van der Waals surface area contributed by atoms with Gasteiger partial charge in [0, 0.05) is 11.8 Å². The fraction of sp³-hybridized carbons (Fsp3) is 0.700. The predicted octanol–water partition coefficient (Wildman–Crippen LogP) is 2.17. The van der Waals surface area contributed by atoms with Gasteiger partial charge in [0.2, 0.25) is 0 Å². The molecule has 0 aromatic carbocycles. The van der Waals surface area contributed by atoms with Gasteiger partial charge in [-0.25, -0.2) is 0 Å². The van der Waals surface area contributed by atoms with Crippen molar-refractivity contribution in [3.8, 4) is 0 Å². The molecule has 0 saturated heterocycles. The zero-order valence-corrected chi connectivity index (χ0v) is 14.9. The van der Waals surface area contributed by atoms with Crippen LogP contribution in [0.1, 0.15) is 45.4 Å². The zero-order chi connectivity index (χ0) is 18.2. The Labute approximate surface area is 148 Å². The van der Waals surface area contributed by atoms with Gasteiger partial charge in [0.15, 0.2) is 5.78 Å².